The molecule has 2 aromatic rings. The van der Waals surface area contributed by atoms with Crippen molar-refractivity contribution in [2.75, 3.05) is 11.1 Å². The molecule has 0 aliphatic carbocycles. The zero-order chi connectivity index (χ0) is 14.5. The molecular weight excluding hydrogens is 252 g/mol. The summed E-state index contributed by atoms with van der Waals surface area (Å²) >= 11 is 0. The summed E-state index contributed by atoms with van der Waals surface area (Å²) in [6.07, 6.45) is 2.68. The molecule has 1 aromatic heterocycles. The van der Waals surface area contributed by atoms with E-state index in [1.54, 1.807) is 18.3 Å². The zero-order valence-electron chi connectivity index (χ0n) is 11.4. The molecule has 0 saturated carbocycles. The van der Waals surface area contributed by atoms with Crippen molar-refractivity contribution in [3.05, 3.63) is 53.3 Å². The molecule has 0 saturated heterocycles. The summed E-state index contributed by atoms with van der Waals surface area (Å²) in [6, 6.07) is 9.15. The van der Waals surface area contributed by atoms with Crippen molar-refractivity contribution in [3.63, 3.8) is 0 Å². The van der Waals surface area contributed by atoms with E-state index in [1.165, 1.54) is 5.56 Å². The van der Waals surface area contributed by atoms with Crippen molar-refractivity contribution in [1.82, 2.24) is 4.98 Å². The molecule has 2 rings (SSSR count). The maximum atomic E-state index is 11.3. The molecule has 5 heteroatoms. The van der Waals surface area contributed by atoms with Gasteiger partial charge in [-0.3, -0.25) is 9.78 Å². The smallest absolute Gasteiger partial charge is 0.250 e. The van der Waals surface area contributed by atoms with Gasteiger partial charge in [0, 0.05) is 6.20 Å². The number of para-hydroxylation sites is 1. The van der Waals surface area contributed by atoms with Gasteiger partial charge in [0.1, 0.15) is 0 Å². The van der Waals surface area contributed by atoms with E-state index in [0.717, 1.165) is 12.1 Å². The van der Waals surface area contributed by atoms with Gasteiger partial charge in [-0.2, -0.15) is 0 Å². The molecule has 0 unspecified atom stereocenters. The maximum Gasteiger partial charge on any atom is 0.250 e. The molecule has 1 heterocycles. The summed E-state index contributed by atoms with van der Waals surface area (Å²) in [4.78, 5) is 15.6. The van der Waals surface area contributed by atoms with Crippen molar-refractivity contribution in [1.29, 1.82) is 0 Å². The van der Waals surface area contributed by atoms with Crippen LogP contribution in [0.3, 0.4) is 0 Å². The lowest BCUT2D eigenvalue weighted by Crippen LogP contribution is -2.15. The van der Waals surface area contributed by atoms with E-state index in [1.807, 2.05) is 18.2 Å². The number of carbonyl (C=O) groups excluding carboxylic acids is 1. The van der Waals surface area contributed by atoms with Gasteiger partial charge in [0.05, 0.1) is 29.2 Å². The van der Waals surface area contributed by atoms with Crippen molar-refractivity contribution in [2.45, 2.75) is 19.9 Å². The summed E-state index contributed by atoms with van der Waals surface area (Å²) in [7, 11) is 0. The minimum Gasteiger partial charge on any atom is -0.396 e. The Morgan fingerprint density at radius 3 is 2.80 bits per heavy atom. The van der Waals surface area contributed by atoms with Crippen LogP contribution in [-0.2, 0) is 13.0 Å². The van der Waals surface area contributed by atoms with Crippen LogP contribution in [0.15, 0.2) is 36.5 Å². The number of nitrogens with zero attached hydrogens (tertiary/aromatic N) is 1. The molecule has 104 valence electrons. The normalized spacial score (nSPS) is 10.2. The Bertz CT molecular complexity index is 625. The number of carbonyl (C=O) groups is 1. The van der Waals surface area contributed by atoms with Gasteiger partial charge in [-0.15, -0.1) is 0 Å². The summed E-state index contributed by atoms with van der Waals surface area (Å²) in [5.74, 6) is -0.529. The number of primary amides is 1. The number of nitrogens with one attached hydrogen (secondary N) is 1. The Morgan fingerprint density at radius 1 is 1.30 bits per heavy atom. The van der Waals surface area contributed by atoms with E-state index in [4.69, 9.17) is 11.5 Å². The molecule has 0 radical (unpaired) electrons. The number of anilines is 2. The molecule has 20 heavy (non-hydrogen) atoms. The Balaban J connectivity index is 2.19. The molecular formula is C15H18N4O. The fourth-order valence-corrected chi connectivity index (χ4v) is 2.07. The minimum absolute atomic E-state index is 0.326. The lowest BCUT2D eigenvalue weighted by atomic mass is 10.1. The quantitative estimate of drug-likeness (QED) is 0.724. The number of nitrogens with two attached hydrogens (primary N) is 2. The molecule has 1 amide bonds. The lowest BCUT2D eigenvalue weighted by molar-refractivity contribution is 0.100. The van der Waals surface area contributed by atoms with Gasteiger partial charge in [-0.25, -0.2) is 0 Å². The standard InChI is InChI=1S/C15H18N4O/c1-2-10-5-4-8-18-13(10)9-19-12-7-3-6-11(14(12)16)15(17)20/h3-8,19H,2,9,16H2,1H3,(H2,17,20). The van der Waals surface area contributed by atoms with Gasteiger partial charge < -0.3 is 16.8 Å². The van der Waals surface area contributed by atoms with E-state index in [9.17, 15) is 4.79 Å². The van der Waals surface area contributed by atoms with Crippen LogP contribution in [0.2, 0.25) is 0 Å². The first-order valence-electron chi connectivity index (χ1n) is 6.48. The summed E-state index contributed by atoms with van der Waals surface area (Å²) in [6.45, 7) is 2.64. The largest absolute Gasteiger partial charge is 0.396 e. The predicted octanol–water partition coefficient (Wildman–Crippen LogP) is 1.94. The number of hydrogen-bond donors (Lipinski definition) is 3. The van der Waals surface area contributed by atoms with Crippen LogP contribution in [0.4, 0.5) is 11.4 Å². The van der Waals surface area contributed by atoms with E-state index in [-0.39, 0.29) is 0 Å². The van der Waals surface area contributed by atoms with Crippen molar-refractivity contribution >= 4 is 17.3 Å². The Hall–Kier alpha value is -2.56. The highest BCUT2D eigenvalue weighted by Gasteiger charge is 2.09. The molecule has 0 spiro atoms. The van der Waals surface area contributed by atoms with Crippen LogP contribution in [0.5, 0.6) is 0 Å². The van der Waals surface area contributed by atoms with Gasteiger partial charge >= 0.3 is 0 Å². The van der Waals surface area contributed by atoms with Gasteiger partial charge in [-0.1, -0.05) is 19.1 Å². The summed E-state index contributed by atoms with van der Waals surface area (Å²) in [5.41, 5.74) is 14.8. The van der Waals surface area contributed by atoms with E-state index in [0.29, 0.717) is 23.5 Å². The number of amides is 1. The lowest BCUT2D eigenvalue weighted by Gasteiger charge is -2.12. The average Bonchev–Trinajstić information content (AvgIpc) is 2.46. The Labute approximate surface area is 118 Å². The van der Waals surface area contributed by atoms with Crippen LogP contribution < -0.4 is 16.8 Å². The molecule has 5 N–H and O–H groups in total. The first-order chi connectivity index (χ1) is 9.63. The van der Waals surface area contributed by atoms with Crippen LogP contribution in [0.25, 0.3) is 0 Å². The number of rotatable bonds is 5. The molecule has 0 bridgehead atoms. The van der Waals surface area contributed by atoms with Crippen LogP contribution in [-0.4, -0.2) is 10.9 Å². The SMILES string of the molecule is CCc1cccnc1CNc1cccc(C(N)=O)c1N. The number of pyridine rings is 1. The highest BCUT2D eigenvalue weighted by Crippen LogP contribution is 2.23. The highest BCUT2D eigenvalue weighted by molar-refractivity contribution is 6.00. The molecule has 1 aromatic carbocycles. The third kappa shape index (κ3) is 2.88. The summed E-state index contributed by atoms with van der Waals surface area (Å²) in [5, 5.41) is 3.20. The first kappa shape index (κ1) is 13.9. The van der Waals surface area contributed by atoms with E-state index >= 15 is 0 Å². The third-order valence-corrected chi connectivity index (χ3v) is 3.18. The summed E-state index contributed by atoms with van der Waals surface area (Å²) < 4.78 is 0. The second-order valence-corrected chi connectivity index (χ2v) is 4.45. The Morgan fingerprint density at radius 2 is 2.10 bits per heavy atom. The topological polar surface area (TPSA) is 94.0 Å². The minimum atomic E-state index is -0.529. The van der Waals surface area contributed by atoms with Gasteiger partial charge in [-0.05, 0) is 30.2 Å². The molecule has 0 atom stereocenters. The highest BCUT2D eigenvalue weighted by atomic mass is 16.1. The molecule has 0 fully saturated rings. The maximum absolute atomic E-state index is 11.3. The number of hydrogen-bond acceptors (Lipinski definition) is 4. The monoisotopic (exact) mass is 270 g/mol. The predicted molar refractivity (Wildman–Crippen MR) is 80.3 cm³/mol. The number of aromatic nitrogens is 1. The second-order valence-electron chi connectivity index (χ2n) is 4.45. The molecule has 0 aliphatic heterocycles. The van der Waals surface area contributed by atoms with Gasteiger partial charge in [0.25, 0.3) is 5.91 Å². The average molecular weight is 270 g/mol. The molecule has 0 aliphatic rings. The van der Waals surface area contributed by atoms with Gasteiger partial charge in [0.15, 0.2) is 0 Å². The third-order valence-electron chi connectivity index (χ3n) is 3.18. The van der Waals surface area contributed by atoms with Crippen LogP contribution in [0, 0.1) is 0 Å². The zero-order valence-corrected chi connectivity index (χ0v) is 11.4. The van der Waals surface area contributed by atoms with E-state index in [2.05, 4.69) is 17.2 Å². The van der Waals surface area contributed by atoms with Crippen LogP contribution >= 0.6 is 0 Å². The number of nitrogen functional groups attached to an aromatic ring is 1. The van der Waals surface area contributed by atoms with Gasteiger partial charge in [0.2, 0.25) is 0 Å². The van der Waals surface area contributed by atoms with Crippen molar-refractivity contribution < 1.29 is 4.79 Å². The molecule has 5 nitrogen and oxygen atoms in total. The Kier molecular flexibility index (Phi) is 4.20. The first-order valence-corrected chi connectivity index (χ1v) is 6.48. The van der Waals surface area contributed by atoms with E-state index < -0.39 is 5.91 Å². The van der Waals surface area contributed by atoms with Crippen molar-refractivity contribution in [2.24, 2.45) is 5.73 Å². The second kappa shape index (κ2) is 6.06. The fourth-order valence-electron chi connectivity index (χ4n) is 2.07. The van der Waals surface area contributed by atoms with Crippen molar-refractivity contribution in [3.8, 4) is 0 Å². The fraction of sp³-hybridized carbons (Fsp3) is 0.200. The number of aryl methyl sites for hydroxylation is 1. The number of benzene rings is 1. The van der Waals surface area contributed by atoms with Crippen LogP contribution in [0.1, 0.15) is 28.5 Å².